The average molecular weight is 339 g/mol. The maximum Gasteiger partial charge on any atom is 0.387 e. The molecule has 0 radical (unpaired) electrons. The summed E-state index contributed by atoms with van der Waals surface area (Å²) in [7, 11) is 0. The summed E-state index contributed by atoms with van der Waals surface area (Å²) >= 11 is 0. The van der Waals surface area contributed by atoms with Crippen molar-refractivity contribution in [3.63, 3.8) is 0 Å². The Morgan fingerprint density at radius 3 is 2.58 bits per heavy atom. The van der Waals surface area contributed by atoms with Gasteiger partial charge in [0.05, 0.1) is 11.0 Å². The fourth-order valence-corrected chi connectivity index (χ4v) is 2.03. The van der Waals surface area contributed by atoms with Crippen molar-refractivity contribution in [1.82, 2.24) is 4.98 Å². The molecule has 7 nitrogen and oxygen atoms in total. The molecule has 9 heteroatoms. The number of nitrogens with zero attached hydrogens (tertiary/aromatic N) is 2. The Balaban J connectivity index is 1.97. The number of aromatic nitrogens is 1. The molecule has 2 N–H and O–H groups in total. The van der Waals surface area contributed by atoms with E-state index in [1.807, 2.05) is 0 Å². The van der Waals surface area contributed by atoms with Gasteiger partial charge in [-0.1, -0.05) is 12.1 Å². The molecule has 2 aromatic rings. The van der Waals surface area contributed by atoms with Crippen LogP contribution < -0.4 is 10.1 Å². The van der Waals surface area contributed by atoms with Crippen molar-refractivity contribution < 1.29 is 23.5 Å². The summed E-state index contributed by atoms with van der Waals surface area (Å²) in [6, 6.07) is 6.98. The fourth-order valence-electron chi connectivity index (χ4n) is 2.03. The molecule has 1 heterocycles. The molecule has 2 rings (SSSR count). The highest BCUT2D eigenvalue weighted by atomic mass is 19.3. The molecule has 0 bridgehead atoms. The van der Waals surface area contributed by atoms with Gasteiger partial charge in [0, 0.05) is 12.6 Å². The first-order chi connectivity index (χ1) is 11.4. The lowest BCUT2D eigenvalue weighted by Crippen LogP contribution is -2.14. The topological polar surface area (TPSA) is 97.5 Å². The molecule has 0 amide bonds. The first-order valence-electron chi connectivity index (χ1n) is 6.94. The lowest BCUT2D eigenvalue weighted by Gasteiger charge is -2.14. The van der Waals surface area contributed by atoms with Gasteiger partial charge in [-0.2, -0.15) is 8.78 Å². The number of anilines is 1. The normalized spacial score (nSPS) is 12.0. The number of alkyl halides is 2. The summed E-state index contributed by atoms with van der Waals surface area (Å²) in [4.78, 5) is 14.1. The van der Waals surface area contributed by atoms with Gasteiger partial charge < -0.3 is 15.2 Å². The van der Waals surface area contributed by atoms with Crippen LogP contribution in [0.5, 0.6) is 5.75 Å². The molecule has 0 aliphatic carbocycles. The molecule has 0 saturated carbocycles. The number of ether oxygens (including phenoxy) is 1. The molecular weight excluding hydrogens is 324 g/mol. The third-order valence-corrected chi connectivity index (χ3v) is 3.23. The van der Waals surface area contributed by atoms with E-state index in [0.717, 1.165) is 6.20 Å². The number of halogens is 2. The van der Waals surface area contributed by atoms with Gasteiger partial charge in [-0.25, -0.2) is 4.98 Å². The smallest absolute Gasteiger partial charge is 0.387 e. The van der Waals surface area contributed by atoms with Crippen LogP contribution in [0.3, 0.4) is 0 Å². The quantitative estimate of drug-likeness (QED) is 0.594. The van der Waals surface area contributed by atoms with E-state index in [0.29, 0.717) is 16.9 Å². The average Bonchev–Trinajstić information content (AvgIpc) is 2.53. The number of aliphatic hydroxyl groups is 1. The second-order valence-corrected chi connectivity index (χ2v) is 4.96. The molecule has 1 atom stereocenters. The van der Waals surface area contributed by atoms with Crippen LogP contribution in [0.2, 0.25) is 0 Å². The molecule has 0 saturated heterocycles. The number of hydrogen-bond donors (Lipinski definition) is 2. The maximum atomic E-state index is 12.1. The van der Waals surface area contributed by atoms with Gasteiger partial charge in [0.2, 0.25) is 0 Å². The summed E-state index contributed by atoms with van der Waals surface area (Å²) in [5.41, 5.74) is 0.953. The van der Waals surface area contributed by atoms with E-state index in [2.05, 4.69) is 15.0 Å². The van der Waals surface area contributed by atoms with E-state index in [9.17, 15) is 24.0 Å². The Kier molecular flexibility index (Phi) is 5.59. The second kappa shape index (κ2) is 7.64. The van der Waals surface area contributed by atoms with E-state index < -0.39 is 17.6 Å². The zero-order valence-corrected chi connectivity index (χ0v) is 12.6. The first-order valence-corrected chi connectivity index (χ1v) is 6.94. The van der Waals surface area contributed by atoms with Crippen LogP contribution in [-0.4, -0.2) is 28.2 Å². The van der Waals surface area contributed by atoms with Gasteiger partial charge in [0.1, 0.15) is 17.8 Å². The molecular formula is C15H15F2N3O4. The molecule has 0 fully saturated rings. The number of aryl methyl sites for hydroxylation is 1. The number of pyridine rings is 1. The Bertz CT molecular complexity index is 710. The van der Waals surface area contributed by atoms with Crippen molar-refractivity contribution in [2.45, 2.75) is 19.6 Å². The lowest BCUT2D eigenvalue weighted by molar-refractivity contribution is -0.385. The van der Waals surface area contributed by atoms with Crippen LogP contribution in [0.1, 0.15) is 17.2 Å². The third kappa shape index (κ3) is 4.59. The second-order valence-electron chi connectivity index (χ2n) is 4.96. The van der Waals surface area contributed by atoms with Crippen molar-refractivity contribution in [2.75, 3.05) is 11.9 Å². The van der Waals surface area contributed by atoms with Gasteiger partial charge in [-0.15, -0.1) is 0 Å². The van der Waals surface area contributed by atoms with Crippen LogP contribution in [0.4, 0.5) is 20.3 Å². The largest absolute Gasteiger partial charge is 0.435 e. The molecule has 0 spiro atoms. The molecule has 0 aliphatic rings. The van der Waals surface area contributed by atoms with Crippen LogP contribution in [-0.2, 0) is 0 Å². The van der Waals surface area contributed by atoms with Crippen LogP contribution in [0.25, 0.3) is 0 Å². The van der Waals surface area contributed by atoms with Crippen molar-refractivity contribution in [3.05, 3.63) is 57.8 Å². The predicted octanol–water partition coefficient (Wildman–Crippen LogP) is 3.05. The van der Waals surface area contributed by atoms with Crippen LogP contribution in [0, 0.1) is 17.0 Å². The van der Waals surface area contributed by atoms with Gasteiger partial charge >= 0.3 is 6.61 Å². The minimum atomic E-state index is -2.90. The Morgan fingerprint density at radius 1 is 1.38 bits per heavy atom. The van der Waals surface area contributed by atoms with Crippen molar-refractivity contribution in [3.8, 4) is 5.75 Å². The third-order valence-electron chi connectivity index (χ3n) is 3.23. The summed E-state index contributed by atoms with van der Waals surface area (Å²) in [6.45, 7) is -1.15. The van der Waals surface area contributed by atoms with Gasteiger partial charge in [-0.05, 0) is 30.2 Å². The number of rotatable bonds is 7. The van der Waals surface area contributed by atoms with E-state index in [1.165, 1.54) is 30.3 Å². The summed E-state index contributed by atoms with van der Waals surface area (Å²) < 4.78 is 28.4. The molecule has 1 unspecified atom stereocenters. The SMILES string of the molecule is Cc1cc([N+](=O)[O-])cnc1NCC(O)c1ccc(OC(F)F)cc1. The number of nitrogens with one attached hydrogen (secondary N) is 1. The highest BCUT2D eigenvalue weighted by molar-refractivity contribution is 5.48. The Hall–Kier alpha value is -2.81. The highest BCUT2D eigenvalue weighted by Crippen LogP contribution is 2.21. The van der Waals surface area contributed by atoms with Crippen molar-refractivity contribution in [2.24, 2.45) is 0 Å². The molecule has 24 heavy (non-hydrogen) atoms. The van der Waals surface area contributed by atoms with Gasteiger partial charge in [0.15, 0.2) is 0 Å². The summed E-state index contributed by atoms with van der Waals surface area (Å²) in [5.74, 6) is 0.416. The first kappa shape index (κ1) is 17.5. The Morgan fingerprint density at radius 2 is 2.04 bits per heavy atom. The fraction of sp³-hybridized carbons (Fsp3) is 0.267. The molecule has 128 valence electrons. The summed E-state index contributed by atoms with van der Waals surface area (Å²) in [6.07, 6.45) is 0.208. The van der Waals surface area contributed by atoms with Crippen molar-refractivity contribution in [1.29, 1.82) is 0 Å². The predicted molar refractivity (Wildman–Crippen MR) is 82.2 cm³/mol. The monoisotopic (exact) mass is 339 g/mol. The molecule has 1 aromatic carbocycles. The number of aliphatic hydroxyl groups excluding tert-OH is 1. The summed E-state index contributed by atoms with van der Waals surface area (Å²) in [5, 5.41) is 23.6. The van der Waals surface area contributed by atoms with Gasteiger partial charge in [-0.3, -0.25) is 10.1 Å². The number of benzene rings is 1. The molecule has 1 aromatic heterocycles. The van der Waals surface area contributed by atoms with Gasteiger partial charge in [0.25, 0.3) is 5.69 Å². The van der Waals surface area contributed by atoms with E-state index >= 15 is 0 Å². The minimum absolute atomic E-state index is 0.00166. The maximum absolute atomic E-state index is 12.1. The van der Waals surface area contributed by atoms with E-state index in [-0.39, 0.29) is 18.0 Å². The number of hydrogen-bond acceptors (Lipinski definition) is 6. The van der Waals surface area contributed by atoms with Crippen LogP contribution >= 0.6 is 0 Å². The standard InChI is InChI=1S/C15H15F2N3O4/c1-9-6-11(20(22)23)7-18-14(9)19-8-13(21)10-2-4-12(5-3-10)24-15(16)17/h2-7,13,15,21H,8H2,1H3,(H,18,19). The minimum Gasteiger partial charge on any atom is -0.435 e. The van der Waals surface area contributed by atoms with Crippen LogP contribution in [0.15, 0.2) is 36.5 Å². The van der Waals surface area contributed by atoms with E-state index in [1.54, 1.807) is 6.92 Å². The number of nitro groups is 1. The van der Waals surface area contributed by atoms with E-state index in [4.69, 9.17) is 0 Å². The van der Waals surface area contributed by atoms with Crippen molar-refractivity contribution >= 4 is 11.5 Å². The molecule has 0 aliphatic heterocycles. The Labute approximate surface area is 136 Å². The zero-order valence-electron chi connectivity index (χ0n) is 12.6. The lowest BCUT2D eigenvalue weighted by atomic mass is 10.1. The zero-order chi connectivity index (χ0) is 17.7. The highest BCUT2D eigenvalue weighted by Gasteiger charge is 2.12.